The van der Waals surface area contributed by atoms with Crippen molar-refractivity contribution < 1.29 is 8.22 Å². The molecule has 2 rings (SSSR count). The van der Waals surface area contributed by atoms with Crippen molar-refractivity contribution in [3.63, 3.8) is 0 Å². The van der Waals surface area contributed by atoms with Crippen molar-refractivity contribution in [2.24, 2.45) is 0 Å². The van der Waals surface area contributed by atoms with Crippen LogP contribution in [0, 0.1) is 0 Å². The minimum absolute atomic E-state index is 0.0235. The zero-order valence-corrected chi connectivity index (χ0v) is 5.92. The molecule has 0 bridgehead atoms. The van der Waals surface area contributed by atoms with Gasteiger partial charge in [0.1, 0.15) is 7.67 Å². The first-order valence-corrected chi connectivity index (χ1v) is 3.17. The van der Waals surface area contributed by atoms with Gasteiger partial charge < -0.3 is 0 Å². The molecule has 0 aliphatic rings. The standard InChI is InChI=1S/C9H7N3/c1-2-5-11-8(3-1)9-4-6-10-7-12-9/h1-7H/i1D,2D,4D,5D,6D,7D. The van der Waals surface area contributed by atoms with Gasteiger partial charge in [-0.3, -0.25) is 4.98 Å². The molecule has 0 N–H and O–H groups in total. The molecule has 0 saturated heterocycles. The maximum Gasteiger partial charge on any atom is 0.116 e. The molecule has 58 valence electrons. The van der Waals surface area contributed by atoms with Gasteiger partial charge in [0.05, 0.1) is 18.2 Å². The Morgan fingerprint density at radius 2 is 2.08 bits per heavy atom. The van der Waals surface area contributed by atoms with Crippen LogP contribution in [0.2, 0.25) is 0 Å². The van der Waals surface area contributed by atoms with Gasteiger partial charge in [0.2, 0.25) is 0 Å². The minimum Gasteiger partial charge on any atom is -0.255 e. The Morgan fingerprint density at radius 3 is 3.00 bits per heavy atom. The fraction of sp³-hybridized carbons (Fsp3) is 0. The fourth-order valence-corrected chi connectivity index (χ4v) is 0.709. The van der Waals surface area contributed by atoms with Crippen LogP contribution in [0.15, 0.2) is 42.8 Å². The Morgan fingerprint density at radius 1 is 1.08 bits per heavy atom. The van der Waals surface area contributed by atoms with Crippen LogP contribution in [-0.4, -0.2) is 15.0 Å². The van der Waals surface area contributed by atoms with Gasteiger partial charge in [-0.1, -0.05) is 6.04 Å². The highest BCUT2D eigenvalue weighted by Crippen LogP contribution is 2.10. The molecule has 0 saturated carbocycles. The molecule has 2 aromatic rings. The summed E-state index contributed by atoms with van der Waals surface area (Å²) in [7, 11) is 0. The molecule has 0 fully saturated rings. The zero-order chi connectivity index (χ0) is 13.4. The number of rotatable bonds is 1. The summed E-state index contributed by atoms with van der Waals surface area (Å²) in [5.41, 5.74) is -0.0580. The third-order valence-electron chi connectivity index (χ3n) is 1.20. The summed E-state index contributed by atoms with van der Waals surface area (Å²) in [6.45, 7) is 0. The van der Waals surface area contributed by atoms with Gasteiger partial charge in [-0.05, 0) is 18.2 Å². The first kappa shape index (κ1) is 2.94. The summed E-state index contributed by atoms with van der Waals surface area (Å²) >= 11 is 0. The predicted octanol–water partition coefficient (Wildman–Crippen LogP) is 1.54. The Hall–Kier alpha value is -1.77. The van der Waals surface area contributed by atoms with Gasteiger partial charge in [-0.25, -0.2) is 9.97 Å². The van der Waals surface area contributed by atoms with Crippen LogP contribution in [0.4, 0.5) is 0 Å². The topological polar surface area (TPSA) is 38.7 Å². The van der Waals surface area contributed by atoms with E-state index < -0.39 is 18.6 Å². The molecule has 0 amide bonds. The van der Waals surface area contributed by atoms with Crippen LogP contribution < -0.4 is 0 Å². The molecule has 0 aliphatic carbocycles. The zero-order valence-electron chi connectivity index (χ0n) is 11.9. The normalized spacial score (nSPS) is 16.7. The molecule has 0 spiro atoms. The van der Waals surface area contributed by atoms with Crippen LogP contribution >= 0.6 is 0 Å². The number of aromatic nitrogens is 3. The molecule has 2 heterocycles. The number of nitrogens with zero attached hydrogens (tertiary/aromatic N) is 3. The van der Waals surface area contributed by atoms with Gasteiger partial charge in [0.25, 0.3) is 0 Å². The minimum atomic E-state index is -0.430. The highest BCUT2D eigenvalue weighted by Gasteiger charge is 1.95. The van der Waals surface area contributed by atoms with E-state index in [1.165, 1.54) is 6.07 Å². The average molecular weight is 163 g/mol. The quantitative estimate of drug-likeness (QED) is 0.640. The number of hydrogen-bond donors (Lipinski definition) is 0. The lowest BCUT2D eigenvalue weighted by Crippen LogP contribution is -1.85. The highest BCUT2D eigenvalue weighted by molar-refractivity contribution is 5.52. The van der Waals surface area contributed by atoms with Crippen LogP contribution in [0.3, 0.4) is 0 Å². The summed E-state index contributed by atoms with van der Waals surface area (Å²) in [4.78, 5) is 10.8. The lowest BCUT2D eigenvalue weighted by Gasteiger charge is -1.95. The Balaban J connectivity index is 2.69. The van der Waals surface area contributed by atoms with Gasteiger partial charge in [-0.2, -0.15) is 0 Å². The van der Waals surface area contributed by atoms with Gasteiger partial charge in [-0.15, -0.1) is 0 Å². The Bertz CT molecular complexity index is 607. The molecule has 0 unspecified atom stereocenters. The monoisotopic (exact) mass is 163 g/mol. The third-order valence-corrected chi connectivity index (χ3v) is 1.20. The fourth-order valence-electron chi connectivity index (χ4n) is 0.709. The summed E-state index contributed by atoms with van der Waals surface area (Å²) in [6.07, 6.45) is -1.26. The summed E-state index contributed by atoms with van der Waals surface area (Å²) in [6, 6.07) is 0.312. The molecule has 0 aromatic carbocycles. The molecule has 0 aliphatic heterocycles. The third kappa shape index (κ3) is 1.29. The van der Waals surface area contributed by atoms with Crippen molar-refractivity contribution >= 4 is 0 Å². The van der Waals surface area contributed by atoms with Crippen molar-refractivity contribution in [2.75, 3.05) is 0 Å². The van der Waals surface area contributed by atoms with Crippen LogP contribution in [0.25, 0.3) is 11.4 Å². The Labute approximate surface area is 78.6 Å². The Kier molecular flexibility index (Phi) is 0.755. The summed E-state index contributed by atoms with van der Waals surface area (Å²) in [5, 5.41) is 0. The van der Waals surface area contributed by atoms with E-state index in [0.29, 0.717) is 0 Å². The van der Waals surface area contributed by atoms with Crippen molar-refractivity contribution in [2.45, 2.75) is 0 Å². The first-order valence-electron chi connectivity index (χ1n) is 6.17. The number of pyridine rings is 1. The average Bonchev–Trinajstić information content (AvgIpc) is 2.30. The van der Waals surface area contributed by atoms with Crippen molar-refractivity contribution in [1.82, 2.24) is 15.0 Å². The predicted molar refractivity (Wildman–Crippen MR) is 45.3 cm³/mol. The lowest BCUT2D eigenvalue weighted by molar-refractivity contribution is 1.15. The van der Waals surface area contributed by atoms with E-state index in [4.69, 9.17) is 8.22 Å². The van der Waals surface area contributed by atoms with E-state index in [1.807, 2.05) is 0 Å². The smallest absolute Gasteiger partial charge is 0.116 e. The largest absolute Gasteiger partial charge is 0.255 e. The molecule has 0 atom stereocenters. The second kappa shape index (κ2) is 3.09. The second-order valence-electron chi connectivity index (χ2n) is 1.93. The first-order chi connectivity index (χ1) is 8.40. The van der Waals surface area contributed by atoms with Crippen molar-refractivity contribution in [1.29, 1.82) is 0 Å². The SMILES string of the molecule is [2H]c1nc([2H])c([2H])c(-c2cc([2H])c([2H])c([2H])n2)n1. The molecular formula is C9H7N3. The molecule has 3 heteroatoms. The molecule has 3 nitrogen and oxygen atoms in total. The second-order valence-corrected chi connectivity index (χ2v) is 1.93. The maximum absolute atomic E-state index is 7.62. The van der Waals surface area contributed by atoms with E-state index >= 15 is 0 Å². The van der Waals surface area contributed by atoms with Crippen LogP contribution in [0.5, 0.6) is 0 Å². The summed E-state index contributed by atoms with van der Waals surface area (Å²) in [5.74, 6) is 0. The maximum atomic E-state index is 7.62. The van der Waals surface area contributed by atoms with Crippen molar-refractivity contribution in [3.05, 3.63) is 42.8 Å². The molecular weight excluding hydrogens is 150 g/mol. The lowest BCUT2D eigenvalue weighted by atomic mass is 10.3. The van der Waals surface area contributed by atoms with Gasteiger partial charge in [0.15, 0.2) is 0 Å². The van der Waals surface area contributed by atoms with E-state index in [1.54, 1.807) is 0 Å². The van der Waals surface area contributed by atoms with E-state index in [0.717, 1.165) is 0 Å². The van der Waals surface area contributed by atoms with E-state index in [-0.39, 0.29) is 29.5 Å². The van der Waals surface area contributed by atoms with Crippen LogP contribution in [-0.2, 0) is 0 Å². The number of hydrogen-bond acceptors (Lipinski definition) is 3. The van der Waals surface area contributed by atoms with E-state index in [9.17, 15) is 0 Å². The van der Waals surface area contributed by atoms with Crippen LogP contribution in [0.1, 0.15) is 8.22 Å². The van der Waals surface area contributed by atoms with E-state index in [2.05, 4.69) is 15.0 Å². The highest BCUT2D eigenvalue weighted by atomic mass is 14.8. The summed E-state index contributed by atoms with van der Waals surface area (Å²) < 4.78 is 44.5. The van der Waals surface area contributed by atoms with Crippen molar-refractivity contribution in [3.8, 4) is 11.4 Å². The molecule has 12 heavy (non-hydrogen) atoms. The van der Waals surface area contributed by atoms with Gasteiger partial charge >= 0.3 is 0 Å². The van der Waals surface area contributed by atoms with Gasteiger partial charge in [0, 0.05) is 12.3 Å². The molecule has 2 aromatic heterocycles. The molecule has 0 radical (unpaired) electrons.